The summed E-state index contributed by atoms with van der Waals surface area (Å²) in [5.41, 5.74) is 1.98. The predicted molar refractivity (Wildman–Crippen MR) is 59.3 cm³/mol. The van der Waals surface area contributed by atoms with Gasteiger partial charge >= 0.3 is 0 Å². The summed E-state index contributed by atoms with van der Waals surface area (Å²) in [6.45, 7) is 4.08. The average Bonchev–Trinajstić information content (AvgIpc) is 2.23. The molecule has 0 N–H and O–H groups in total. The van der Waals surface area contributed by atoms with Crippen molar-refractivity contribution < 1.29 is 9.53 Å². The van der Waals surface area contributed by atoms with Gasteiger partial charge in [0.2, 0.25) is 0 Å². The number of carbonyl (C=O) groups is 1. The first-order valence-corrected chi connectivity index (χ1v) is 5.47. The fourth-order valence-electron chi connectivity index (χ4n) is 2.04. The first-order valence-electron chi connectivity index (χ1n) is 5.47. The molecule has 1 aliphatic heterocycles. The topological polar surface area (TPSA) is 26.3 Å². The van der Waals surface area contributed by atoms with Crippen molar-refractivity contribution in [2.45, 2.75) is 32.8 Å². The Labute approximate surface area is 90.3 Å². The quantitative estimate of drug-likeness (QED) is 0.691. The summed E-state index contributed by atoms with van der Waals surface area (Å²) in [5.74, 6) is 0.137. The van der Waals surface area contributed by atoms with Crippen molar-refractivity contribution in [2.24, 2.45) is 5.92 Å². The number of allylic oxidation sites excluding steroid dienone is 3. The predicted octanol–water partition coefficient (Wildman–Crippen LogP) is 2.77. The highest BCUT2D eigenvalue weighted by Crippen LogP contribution is 2.29. The maximum Gasteiger partial charge on any atom is 0.172 e. The molecule has 1 aliphatic carbocycles. The molecular weight excluding hydrogens is 188 g/mol. The number of Topliss-reactive ketones (excluding diaryl/α,β-unsaturated/α-hetero) is 1. The van der Waals surface area contributed by atoms with E-state index in [0.717, 1.165) is 24.0 Å². The summed E-state index contributed by atoms with van der Waals surface area (Å²) >= 11 is 0. The lowest BCUT2D eigenvalue weighted by Crippen LogP contribution is -2.33. The second kappa shape index (κ2) is 4.05. The zero-order chi connectivity index (χ0) is 10.8. The van der Waals surface area contributed by atoms with Gasteiger partial charge in [-0.15, -0.1) is 0 Å². The summed E-state index contributed by atoms with van der Waals surface area (Å²) in [6, 6.07) is 0. The van der Waals surface area contributed by atoms with E-state index >= 15 is 0 Å². The standard InChI is InChI=1S/C13H16O2/c1-3-4-10-8-15-12-6-5-9(2)7-11(12)13(10)14/h5-8,11-12H,3-4H2,1-2H3. The smallest absolute Gasteiger partial charge is 0.172 e. The Morgan fingerprint density at radius 1 is 1.47 bits per heavy atom. The van der Waals surface area contributed by atoms with Gasteiger partial charge in [-0.1, -0.05) is 31.1 Å². The van der Waals surface area contributed by atoms with E-state index in [-0.39, 0.29) is 17.8 Å². The van der Waals surface area contributed by atoms with E-state index in [4.69, 9.17) is 4.74 Å². The molecular formula is C13H16O2. The third-order valence-corrected chi connectivity index (χ3v) is 2.85. The van der Waals surface area contributed by atoms with Gasteiger partial charge in [0.1, 0.15) is 6.10 Å². The van der Waals surface area contributed by atoms with Crippen LogP contribution >= 0.6 is 0 Å². The van der Waals surface area contributed by atoms with Crippen LogP contribution in [-0.4, -0.2) is 11.9 Å². The van der Waals surface area contributed by atoms with Crippen LogP contribution in [0.1, 0.15) is 26.7 Å². The van der Waals surface area contributed by atoms with Crippen LogP contribution in [0.4, 0.5) is 0 Å². The lowest BCUT2D eigenvalue weighted by atomic mass is 9.85. The van der Waals surface area contributed by atoms with Crippen LogP contribution in [0.2, 0.25) is 0 Å². The molecule has 0 saturated heterocycles. The van der Waals surface area contributed by atoms with Gasteiger partial charge in [-0.3, -0.25) is 4.79 Å². The lowest BCUT2D eigenvalue weighted by molar-refractivity contribution is -0.122. The third kappa shape index (κ3) is 1.89. The first kappa shape index (κ1) is 10.2. The molecule has 2 rings (SSSR count). The molecule has 0 bridgehead atoms. The van der Waals surface area contributed by atoms with Crippen LogP contribution in [-0.2, 0) is 9.53 Å². The van der Waals surface area contributed by atoms with E-state index in [1.54, 1.807) is 6.26 Å². The van der Waals surface area contributed by atoms with E-state index in [1.165, 1.54) is 0 Å². The summed E-state index contributed by atoms with van der Waals surface area (Å²) < 4.78 is 5.55. The molecule has 80 valence electrons. The highest BCUT2D eigenvalue weighted by Gasteiger charge is 2.33. The first-order chi connectivity index (χ1) is 7.22. The SMILES string of the molecule is CCCC1=COC2C=CC(C)=CC2C1=O. The molecule has 2 nitrogen and oxygen atoms in total. The van der Waals surface area contributed by atoms with Crippen LogP contribution < -0.4 is 0 Å². The fraction of sp³-hybridized carbons (Fsp3) is 0.462. The average molecular weight is 204 g/mol. The van der Waals surface area contributed by atoms with E-state index in [2.05, 4.69) is 6.92 Å². The molecule has 0 fully saturated rings. The number of fused-ring (bicyclic) bond motifs is 1. The number of hydrogen-bond donors (Lipinski definition) is 0. The van der Waals surface area contributed by atoms with Crippen molar-refractivity contribution in [3.63, 3.8) is 0 Å². The number of carbonyl (C=O) groups excluding carboxylic acids is 1. The van der Waals surface area contributed by atoms with Crippen LogP contribution in [0.5, 0.6) is 0 Å². The highest BCUT2D eigenvalue weighted by atomic mass is 16.5. The van der Waals surface area contributed by atoms with E-state index in [9.17, 15) is 4.79 Å². The van der Waals surface area contributed by atoms with E-state index in [1.807, 2.05) is 25.2 Å². The second-order valence-electron chi connectivity index (χ2n) is 4.15. The van der Waals surface area contributed by atoms with Gasteiger partial charge in [0.15, 0.2) is 5.78 Å². The van der Waals surface area contributed by atoms with Crippen molar-refractivity contribution in [2.75, 3.05) is 0 Å². The van der Waals surface area contributed by atoms with Gasteiger partial charge in [0, 0.05) is 5.57 Å². The van der Waals surface area contributed by atoms with Gasteiger partial charge in [-0.05, 0) is 19.4 Å². The fourth-order valence-corrected chi connectivity index (χ4v) is 2.04. The van der Waals surface area contributed by atoms with Crippen LogP contribution in [0.15, 0.2) is 35.6 Å². The summed E-state index contributed by atoms with van der Waals surface area (Å²) in [6.07, 6.45) is 9.35. The molecule has 0 saturated carbocycles. The van der Waals surface area contributed by atoms with Crippen LogP contribution in [0.3, 0.4) is 0 Å². The Morgan fingerprint density at radius 3 is 3.00 bits per heavy atom. The Hall–Kier alpha value is -1.31. The zero-order valence-electron chi connectivity index (χ0n) is 9.19. The third-order valence-electron chi connectivity index (χ3n) is 2.85. The summed E-state index contributed by atoms with van der Waals surface area (Å²) in [4.78, 5) is 12.1. The molecule has 2 aliphatic rings. The molecule has 0 aromatic rings. The van der Waals surface area contributed by atoms with Gasteiger partial charge in [-0.2, -0.15) is 0 Å². The minimum absolute atomic E-state index is 0.0817. The van der Waals surface area contributed by atoms with Gasteiger partial charge in [0.25, 0.3) is 0 Å². The molecule has 2 atom stereocenters. The molecule has 0 aromatic heterocycles. The van der Waals surface area contributed by atoms with Gasteiger partial charge < -0.3 is 4.74 Å². The molecule has 0 aromatic carbocycles. The molecule has 0 amide bonds. The lowest BCUT2D eigenvalue weighted by Gasteiger charge is -2.29. The normalized spacial score (nSPS) is 29.1. The zero-order valence-corrected chi connectivity index (χ0v) is 9.19. The minimum atomic E-state index is -0.0958. The molecule has 15 heavy (non-hydrogen) atoms. The van der Waals surface area contributed by atoms with Crippen molar-refractivity contribution in [3.05, 3.63) is 35.6 Å². The second-order valence-corrected chi connectivity index (χ2v) is 4.15. The largest absolute Gasteiger partial charge is 0.492 e. The van der Waals surface area contributed by atoms with Crippen molar-refractivity contribution in [3.8, 4) is 0 Å². The number of ketones is 1. The molecule has 2 heteroatoms. The molecule has 0 radical (unpaired) electrons. The van der Waals surface area contributed by atoms with Crippen molar-refractivity contribution >= 4 is 5.78 Å². The monoisotopic (exact) mass is 204 g/mol. The van der Waals surface area contributed by atoms with Crippen LogP contribution in [0, 0.1) is 5.92 Å². The van der Waals surface area contributed by atoms with E-state index < -0.39 is 0 Å². The maximum absolute atomic E-state index is 12.1. The Bertz CT molecular complexity index is 361. The highest BCUT2D eigenvalue weighted by molar-refractivity contribution is 5.99. The van der Waals surface area contributed by atoms with Crippen LogP contribution in [0.25, 0.3) is 0 Å². The summed E-state index contributed by atoms with van der Waals surface area (Å²) in [5, 5.41) is 0. The molecule has 0 spiro atoms. The van der Waals surface area contributed by atoms with Gasteiger partial charge in [-0.25, -0.2) is 0 Å². The van der Waals surface area contributed by atoms with Crippen molar-refractivity contribution in [1.82, 2.24) is 0 Å². The molecule has 1 heterocycles. The van der Waals surface area contributed by atoms with Crippen molar-refractivity contribution in [1.29, 1.82) is 0 Å². The van der Waals surface area contributed by atoms with E-state index in [0.29, 0.717) is 0 Å². The maximum atomic E-state index is 12.1. The summed E-state index contributed by atoms with van der Waals surface area (Å²) in [7, 11) is 0. The number of ether oxygens (including phenoxy) is 1. The Balaban J connectivity index is 2.23. The Kier molecular flexibility index (Phi) is 2.76. The minimum Gasteiger partial charge on any atom is -0.492 e. The molecule has 2 unspecified atom stereocenters. The number of rotatable bonds is 2. The number of hydrogen-bond acceptors (Lipinski definition) is 2. The van der Waals surface area contributed by atoms with Gasteiger partial charge in [0.05, 0.1) is 12.2 Å². The Morgan fingerprint density at radius 2 is 2.27 bits per heavy atom.